The number of hydrogen-bond acceptors (Lipinski definition) is 3. The van der Waals surface area contributed by atoms with Crippen LogP contribution in [0.5, 0.6) is 0 Å². The number of rotatable bonds is 5. The number of fused-ring (bicyclic) bond motifs is 1. The molecule has 0 bridgehead atoms. The fraction of sp³-hybridized carbons (Fsp3) is 0.111. The van der Waals surface area contributed by atoms with E-state index in [1.165, 1.54) is 24.5 Å². The lowest BCUT2D eigenvalue weighted by molar-refractivity contribution is -0.129. The number of halogens is 2. The maximum Gasteiger partial charge on any atom is 0.297 e. The smallest absolute Gasteiger partial charge is 0.297 e. The van der Waals surface area contributed by atoms with E-state index in [-0.39, 0.29) is 11.3 Å². The van der Waals surface area contributed by atoms with Crippen molar-refractivity contribution in [3.63, 3.8) is 0 Å². The van der Waals surface area contributed by atoms with Crippen LogP contribution in [0.2, 0.25) is 0 Å². The molecule has 1 heterocycles. The highest BCUT2D eigenvalue weighted by atomic mass is 19.3. The molecule has 23 heavy (non-hydrogen) atoms. The summed E-state index contributed by atoms with van der Waals surface area (Å²) >= 11 is 0. The molecule has 116 valence electrons. The molecule has 0 aliphatic carbocycles. The molecule has 1 unspecified atom stereocenters. The molecule has 3 rings (SSSR count). The van der Waals surface area contributed by atoms with Gasteiger partial charge < -0.3 is 4.42 Å². The van der Waals surface area contributed by atoms with E-state index in [0.29, 0.717) is 0 Å². The number of alkyl halides is 2. The number of ketones is 2. The van der Waals surface area contributed by atoms with Gasteiger partial charge in [0.05, 0.1) is 6.26 Å². The van der Waals surface area contributed by atoms with E-state index >= 15 is 0 Å². The van der Waals surface area contributed by atoms with Crippen LogP contribution in [0.4, 0.5) is 8.78 Å². The summed E-state index contributed by atoms with van der Waals surface area (Å²) in [7, 11) is 0. The summed E-state index contributed by atoms with van der Waals surface area (Å²) < 4.78 is 30.9. The molecule has 0 fully saturated rings. The Bertz CT molecular complexity index is 854. The Morgan fingerprint density at radius 1 is 0.913 bits per heavy atom. The monoisotopic (exact) mass is 314 g/mol. The number of carbonyl (C=O) groups excluding carboxylic acids is 2. The summed E-state index contributed by atoms with van der Waals surface area (Å²) in [6.45, 7) is 0. The van der Waals surface area contributed by atoms with Gasteiger partial charge in [0.15, 0.2) is 5.76 Å². The molecular formula is C18H12F2O3. The van der Waals surface area contributed by atoms with E-state index in [1.807, 2.05) is 12.1 Å². The van der Waals surface area contributed by atoms with Gasteiger partial charge in [-0.15, -0.1) is 0 Å². The summed E-state index contributed by atoms with van der Waals surface area (Å²) in [5, 5.41) is 1.66. The Labute approximate surface area is 130 Å². The van der Waals surface area contributed by atoms with Crippen molar-refractivity contribution in [2.24, 2.45) is 0 Å². The third kappa shape index (κ3) is 2.90. The van der Waals surface area contributed by atoms with Gasteiger partial charge in [0.25, 0.3) is 6.43 Å². The molecule has 0 radical (unpaired) electrons. The highest BCUT2D eigenvalue weighted by Gasteiger charge is 2.35. The SMILES string of the molecule is O=C(c1ccco1)C(C(=O)C(F)F)c1ccc2ccccc2c1. The first kappa shape index (κ1) is 15.1. The van der Waals surface area contributed by atoms with Crippen molar-refractivity contribution in [1.82, 2.24) is 0 Å². The molecule has 2 aromatic carbocycles. The predicted molar refractivity (Wildman–Crippen MR) is 80.7 cm³/mol. The van der Waals surface area contributed by atoms with Gasteiger partial charge in [0.1, 0.15) is 5.92 Å². The fourth-order valence-electron chi connectivity index (χ4n) is 2.52. The topological polar surface area (TPSA) is 47.3 Å². The molecule has 0 saturated heterocycles. The number of Topliss-reactive ketones (excluding diaryl/α,β-unsaturated/α-hetero) is 2. The van der Waals surface area contributed by atoms with Gasteiger partial charge in [-0.1, -0.05) is 36.4 Å². The Kier molecular flexibility index (Phi) is 4.02. The summed E-state index contributed by atoms with van der Waals surface area (Å²) in [5.74, 6) is -3.89. The first-order chi connectivity index (χ1) is 11.1. The lowest BCUT2D eigenvalue weighted by atomic mass is 9.88. The summed E-state index contributed by atoms with van der Waals surface area (Å²) in [6, 6.07) is 14.9. The lowest BCUT2D eigenvalue weighted by Gasteiger charge is -2.14. The Balaban J connectivity index is 2.09. The van der Waals surface area contributed by atoms with Crippen LogP contribution >= 0.6 is 0 Å². The van der Waals surface area contributed by atoms with Crippen molar-refractivity contribution in [3.8, 4) is 0 Å². The highest BCUT2D eigenvalue weighted by molar-refractivity contribution is 6.15. The minimum atomic E-state index is -3.23. The molecule has 0 spiro atoms. The Hall–Kier alpha value is -2.82. The predicted octanol–water partition coefficient (Wildman–Crippen LogP) is 4.23. The zero-order valence-corrected chi connectivity index (χ0v) is 11.9. The molecule has 5 heteroatoms. The standard InChI is InChI=1S/C18H12F2O3/c19-18(20)17(22)15(16(21)14-6-3-9-23-14)13-8-7-11-4-1-2-5-12(11)10-13/h1-10,15,18H. The number of benzene rings is 2. The number of carbonyl (C=O) groups is 2. The van der Waals surface area contributed by atoms with Gasteiger partial charge >= 0.3 is 0 Å². The molecule has 0 aliphatic heterocycles. The molecule has 0 N–H and O–H groups in total. The molecule has 1 atom stereocenters. The second-order valence-corrected chi connectivity index (χ2v) is 5.08. The van der Waals surface area contributed by atoms with Gasteiger partial charge in [0.2, 0.25) is 11.6 Å². The van der Waals surface area contributed by atoms with Crippen LogP contribution in [0.1, 0.15) is 22.0 Å². The first-order valence-corrected chi connectivity index (χ1v) is 6.96. The van der Waals surface area contributed by atoms with Crippen molar-refractivity contribution < 1.29 is 22.8 Å². The third-order valence-corrected chi connectivity index (χ3v) is 3.63. The molecule has 0 amide bonds. The minimum absolute atomic E-state index is 0.114. The van der Waals surface area contributed by atoms with E-state index in [4.69, 9.17) is 4.42 Å². The second-order valence-electron chi connectivity index (χ2n) is 5.08. The van der Waals surface area contributed by atoms with Gasteiger partial charge in [-0.3, -0.25) is 9.59 Å². The summed E-state index contributed by atoms with van der Waals surface area (Å²) in [4.78, 5) is 24.3. The van der Waals surface area contributed by atoms with Crippen LogP contribution in [-0.2, 0) is 4.79 Å². The molecular weight excluding hydrogens is 302 g/mol. The van der Waals surface area contributed by atoms with E-state index < -0.39 is 23.9 Å². The molecule has 0 aliphatic rings. The van der Waals surface area contributed by atoms with Crippen LogP contribution < -0.4 is 0 Å². The quantitative estimate of drug-likeness (QED) is 0.523. The normalized spacial score (nSPS) is 12.5. The van der Waals surface area contributed by atoms with E-state index in [2.05, 4.69) is 0 Å². The third-order valence-electron chi connectivity index (χ3n) is 3.63. The molecule has 1 aromatic heterocycles. The molecule has 0 saturated carbocycles. The van der Waals surface area contributed by atoms with Crippen LogP contribution in [0.25, 0.3) is 10.8 Å². The Morgan fingerprint density at radius 2 is 1.65 bits per heavy atom. The van der Waals surface area contributed by atoms with Gasteiger partial charge in [-0.2, -0.15) is 0 Å². The van der Waals surface area contributed by atoms with Crippen molar-refractivity contribution >= 4 is 22.3 Å². The molecule has 3 aromatic rings. The summed E-state index contributed by atoms with van der Waals surface area (Å²) in [6.07, 6.45) is -1.97. The van der Waals surface area contributed by atoms with Crippen molar-refractivity contribution in [1.29, 1.82) is 0 Å². The molecule has 3 nitrogen and oxygen atoms in total. The van der Waals surface area contributed by atoms with Gasteiger partial charge in [-0.25, -0.2) is 8.78 Å². The van der Waals surface area contributed by atoms with Crippen LogP contribution in [-0.4, -0.2) is 18.0 Å². The maximum atomic E-state index is 12.9. The van der Waals surface area contributed by atoms with Crippen LogP contribution in [0.3, 0.4) is 0 Å². The second kappa shape index (κ2) is 6.12. The maximum absolute atomic E-state index is 12.9. The largest absolute Gasteiger partial charge is 0.461 e. The average molecular weight is 314 g/mol. The van der Waals surface area contributed by atoms with Crippen molar-refractivity contribution in [3.05, 3.63) is 72.2 Å². The van der Waals surface area contributed by atoms with Crippen molar-refractivity contribution in [2.45, 2.75) is 12.3 Å². The van der Waals surface area contributed by atoms with Crippen LogP contribution in [0.15, 0.2) is 65.3 Å². The zero-order chi connectivity index (χ0) is 16.4. The number of furan rings is 1. The zero-order valence-electron chi connectivity index (χ0n) is 11.9. The van der Waals surface area contributed by atoms with Gasteiger partial charge in [0, 0.05) is 0 Å². The fourth-order valence-corrected chi connectivity index (χ4v) is 2.52. The van der Waals surface area contributed by atoms with E-state index in [9.17, 15) is 18.4 Å². The van der Waals surface area contributed by atoms with Gasteiger partial charge in [-0.05, 0) is 34.5 Å². The first-order valence-electron chi connectivity index (χ1n) is 6.96. The number of hydrogen-bond donors (Lipinski definition) is 0. The lowest BCUT2D eigenvalue weighted by Crippen LogP contribution is -2.27. The van der Waals surface area contributed by atoms with E-state index in [0.717, 1.165) is 10.8 Å². The van der Waals surface area contributed by atoms with Crippen LogP contribution in [0, 0.1) is 0 Å². The minimum Gasteiger partial charge on any atom is -0.461 e. The Morgan fingerprint density at radius 3 is 2.30 bits per heavy atom. The summed E-state index contributed by atoms with van der Waals surface area (Å²) in [5.41, 5.74) is 0.232. The van der Waals surface area contributed by atoms with E-state index in [1.54, 1.807) is 24.3 Å². The average Bonchev–Trinajstić information content (AvgIpc) is 3.09. The highest BCUT2D eigenvalue weighted by Crippen LogP contribution is 2.28. The van der Waals surface area contributed by atoms with Crippen molar-refractivity contribution in [2.75, 3.05) is 0 Å².